The van der Waals surface area contributed by atoms with Crippen molar-refractivity contribution in [2.75, 3.05) is 33.2 Å². The molecule has 2 N–H and O–H groups in total. The van der Waals surface area contributed by atoms with Crippen molar-refractivity contribution in [2.24, 2.45) is 0 Å². The van der Waals surface area contributed by atoms with Crippen LogP contribution in [0.15, 0.2) is 58.8 Å². The molecule has 2 heterocycles. The van der Waals surface area contributed by atoms with Crippen LogP contribution in [0.4, 0.5) is 5.82 Å². The normalized spacial score (nSPS) is 10.8. The monoisotopic (exact) mass is 451 g/mol. The second kappa shape index (κ2) is 10.2. The van der Waals surface area contributed by atoms with Crippen LogP contribution in [0.3, 0.4) is 0 Å². The van der Waals surface area contributed by atoms with Gasteiger partial charge in [-0.2, -0.15) is 0 Å². The summed E-state index contributed by atoms with van der Waals surface area (Å²) in [5.41, 5.74) is 2.72. The molecule has 166 valence electrons. The predicted octanol–water partition coefficient (Wildman–Crippen LogP) is 4.57. The molecular weight excluding hydrogens is 426 g/mol. The predicted molar refractivity (Wildman–Crippen MR) is 125 cm³/mol. The molecule has 0 amide bonds. The van der Waals surface area contributed by atoms with Gasteiger partial charge in [0.15, 0.2) is 28.1 Å². The van der Waals surface area contributed by atoms with Gasteiger partial charge in [-0.3, -0.25) is 0 Å². The van der Waals surface area contributed by atoms with Gasteiger partial charge in [0.2, 0.25) is 5.75 Å². The molecule has 4 rings (SSSR count). The zero-order valence-electron chi connectivity index (χ0n) is 18.2. The molecule has 0 bridgehead atoms. The van der Waals surface area contributed by atoms with E-state index in [2.05, 4.69) is 49.5 Å². The first-order valence-electron chi connectivity index (χ1n) is 10.2. The third-order valence-corrected chi connectivity index (χ3v) is 5.76. The third kappa shape index (κ3) is 4.88. The van der Waals surface area contributed by atoms with E-state index in [-0.39, 0.29) is 0 Å². The van der Waals surface area contributed by atoms with E-state index in [1.54, 1.807) is 21.3 Å². The van der Waals surface area contributed by atoms with Crippen molar-refractivity contribution in [1.82, 2.24) is 19.9 Å². The van der Waals surface area contributed by atoms with Crippen LogP contribution in [-0.4, -0.2) is 47.8 Å². The Labute approximate surface area is 190 Å². The average molecular weight is 452 g/mol. The van der Waals surface area contributed by atoms with Crippen LogP contribution in [0, 0.1) is 0 Å². The molecular formula is C23H25N5O3S. The van der Waals surface area contributed by atoms with Gasteiger partial charge in [0.1, 0.15) is 11.8 Å². The van der Waals surface area contributed by atoms with E-state index >= 15 is 0 Å². The standard InChI is InChI=1S/C23H25N5O3S/c1-29-17-12-16(13-18(30-2)20(17)31-3)32-23-27-19-21(25-14-26-22(19)28-23)24-11-7-10-15-8-5-4-6-9-15/h4-6,8-9,12-14H,7,10-11H2,1-3H3,(H2,24,25,26,27,28). The Morgan fingerprint density at radius 2 is 1.72 bits per heavy atom. The van der Waals surface area contributed by atoms with Crippen LogP contribution in [0.25, 0.3) is 11.2 Å². The van der Waals surface area contributed by atoms with Crippen LogP contribution in [-0.2, 0) is 6.42 Å². The molecule has 0 saturated carbocycles. The zero-order valence-corrected chi connectivity index (χ0v) is 19.0. The number of aryl methyl sites for hydroxylation is 1. The second-order valence-corrected chi connectivity index (χ2v) is 8.00. The summed E-state index contributed by atoms with van der Waals surface area (Å²) in [6.07, 6.45) is 3.53. The SMILES string of the molecule is COc1cc(Sc2nc3ncnc(NCCCc4ccccc4)c3[nH]2)cc(OC)c1OC. The molecule has 0 unspecified atom stereocenters. The number of aromatic nitrogens is 4. The minimum absolute atomic E-state index is 0.553. The van der Waals surface area contributed by atoms with E-state index in [1.807, 2.05) is 18.2 Å². The fourth-order valence-corrected chi connectivity index (χ4v) is 4.20. The summed E-state index contributed by atoms with van der Waals surface area (Å²) in [7, 11) is 4.77. The van der Waals surface area contributed by atoms with Gasteiger partial charge < -0.3 is 24.5 Å². The Hall–Kier alpha value is -3.46. The lowest BCUT2D eigenvalue weighted by molar-refractivity contribution is 0.323. The maximum atomic E-state index is 5.44. The number of imidazole rings is 1. The lowest BCUT2D eigenvalue weighted by atomic mass is 10.1. The molecule has 9 heteroatoms. The zero-order chi connectivity index (χ0) is 22.3. The molecule has 0 fully saturated rings. The Morgan fingerprint density at radius 3 is 2.41 bits per heavy atom. The molecule has 2 aromatic heterocycles. The average Bonchev–Trinajstić information content (AvgIpc) is 3.25. The summed E-state index contributed by atoms with van der Waals surface area (Å²) < 4.78 is 16.3. The molecule has 0 radical (unpaired) electrons. The van der Waals surface area contributed by atoms with Crippen molar-refractivity contribution in [3.05, 3.63) is 54.4 Å². The van der Waals surface area contributed by atoms with Gasteiger partial charge in [-0.25, -0.2) is 15.0 Å². The Bertz CT molecular complexity index is 1160. The summed E-state index contributed by atoms with van der Waals surface area (Å²) in [6.45, 7) is 0.801. The first kappa shape index (κ1) is 21.8. The van der Waals surface area contributed by atoms with Crippen molar-refractivity contribution in [1.29, 1.82) is 0 Å². The van der Waals surface area contributed by atoms with E-state index in [1.165, 1.54) is 23.7 Å². The summed E-state index contributed by atoms with van der Waals surface area (Å²) in [4.78, 5) is 17.5. The molecule has 0 saturated heterocycles. The second-order valence-electron chi connectivity index (χ2n) is 6.94. The number of hydrogen-bond acceptors (Lipinski definition) is 8. The number of nitrogens with one attached hydrogen (secondary N) is 2. The Morgan fingerprint density at radius 1 is 0.969 bits per heavy atom. The van der Waals surface area contributed by atoms with E-state index < -0.39 is 0 Å². The maximum absolute atomic E-state index is 5.44. The number of aromatic amines is 1. The van der Waals surface area contributed by atoms with Crippen molar-refractivity contribution < 1.29 is 14.2 Å². The smallest absolute Gasteiger partial charge is 0.203 e. The number of anilines is 1. The van der Waals surface area contributed by atoms with Crippen LogP contribution >= 0.6 is 11.8 Å². The topological polar surface area (TPSA) is 94.2 Å². The minimum Gasteiger partial charge on any atom is -0.493 e. The third-order valence-electron chi connectivity index (χ3n) is 4.90. The van der Waals surface area contributed by atoms with Gasteiger partial charge in [0.05, 0.1) is 21.3 Å². The van der Waals surface area contributed by atoms with E-state index in [4.69, 9.17) is 14.2 Å². The highest BCUT2D eigenvalue weighted by atomic mass is 32.2. The van der Waals surface area contributed by atoms with Crippen LogP contribution < -0.4 is 19.5 Å². The number of methoxy groups -OCH3 is 3. The fourth-order valence-electron chi connectivity index (χ4n) is 3.36. The number of H-pyrrole nitrogens is 1. The first-order valence-corrected chi connectivity index (χ1v) is 11.0. The van der Waals surface area contributed by atoms with Crippen molar-refractivity contribution in [3.8, 4) is 17.2 Å². The molecule has 0 aliphatic heterocycles. The number of hydrogen-bond donors (Lipinski definition) is 2. The Kier molecular flexibility index (Phi) is 6.96. The van der Waals surface area contributed by atoms with Crippen molar-refractivity contribution in [3.63, 3.8) is 0 Å². The van der Waals surface area contributed by atoms with Gasteiger partial charge in [-0.05, 0) is 30.5 Å². The molecule has 0 aliphatic rings. The summed E-state index contributed by atoms with van der Waals surface area (Å²) >= 11 is 1.45. The number of rotatable bonds is 10. The number of benzene rings is 2. The molecule has 2 aromatic carbocycles. The van der Waals surface area contributed by atoms with Crippen LogP contribution in [0.5, 0.6) is 17.2 Å². The highest BCUT2D eigenvalue weighted by molar-refractivity contribution is 7.99. The van der Waals surface area contributed by atoms with Gasteiger partial charge in [0.25, 0.3) is 0 Å². The molecule has 0 atom stereocenters. The van der Waals surface area contributed by atoms with Crippen molar-refractivity contribution >= 4 is 28.7 Å². The Balaban J connectivity index is 1.48. The summed E-state index contributed by atoms with van der Waals surface area (Å²) in [5.74, 6) is 2.47. The molecule has 8 nitrogen and oxygen atoms in total. The molecule has 0 spiro atoms. The number of ether oxygens (including phenoxy) is 3. The van der Waals surface area contributed by atoms with Gasteiger partial charge >= 0.3 is 0 Å². The number of fused-ring (bicyclic) bond motifs is 1. The van der Waals surface area contributed by atoms with E-state index in [0.29, 0.717) is 28.1 Å². The van der Waals surface area contributed by atoms with Crippen molar-refractivity contribution in [2.45, 2.75) is 22.9 Å². The molecule has 0 aliphatic carbocycles. The molecule has 4 aromatic rings. The van der Waals surface area contributed by atoms with Crippen LogP contribution in [0.2, 0.25) is 0 Å². The highest BCUT2D eigenvalue weighted by Crippen LogP contribution is 2.42. The summed E-state index contributed by atoms with van der Waals surface area (Å²) in [5, 5.41) is 4.09. The quantitative estimate of drug-likeness (QED) is 0.339. The van der Waals surface area contributed by atoms with E-state index in [9.17, 15) is 0 Å². The largest absolute Gasteiger partial charge is 0.493 e. The van der Waals surface area contributed by atoms with Crippen LogP contribution in [0.1, 0.15) is 12.0 Å². The minimum atomic E-state index is 0.553. The first-order chi connectivity index (χ1) is 15.7. The lowest BCUT2D eigenvalue weighted by Crippen LogP contribution is -2.05. The number of nitrogens with zero attached hydrogens (tertiary/aromatic N) is 3. The van der Waals surface area contributed by atoms with Gasteiger partial charge in [-0.15, -0.1) is 0 Å². The highest BCUT2D eigenvalue weighted by Gasteiger charge is 2.16. The molecule has 32 heavy (non-hydrogen) atoms. The van der Waals surface area contributed by atoms with E-state index in [0.717, 1.165) is 35.6 Å². The maximum Gasteiger partial charge on any atom is 0.203 e. The lowest BCUT2D eigenvalue weighted by Gasteiger charge is -2.13. The fraction of sp³-hybridized carbons (Fsp3) is 0.261. The van der Waals surface area contributed by atoms with Gasteiger partial charge in [0, 0.05) is 11.4 Å². The van der Waals surface area contributed by atoms with Gasteiger partial charge in [-0.1, -0.05) is 42.1 Å². The summed E-state index contributed by atoms with van der Waals surface area (Å²) in [6, 6.07) is 14.2.